The predicted octanol–water partition coefficient (Wildman–Crippen LogP) is 5.57. The highest BCUT2D eigenvalue weighted by Crippen LogP contribution is 2.62. The monoisotopic (exact) mass is 551 g/mol. The van der Waals surface area contributed by atoms with Gasteiger partial charge >= 0.3 is 0 Å². The van der Waals surface area contributed by atoms with Crippen LogP contribution in [0.25, 0.3) is 6.08 Å². The van der Waals surface area contributed by atoms with Gasteiger partial charge in [-0.3, -0.25) is 14.4 Å². The standard InChI is InChI=1S/C35H25N3O4/c36-19-21-42-28-17-9-6-14-25(28)32(40)30-29(31(39)23-11-2-1-3-12-23)35(26-15-7-8-16-27(26)37-34(35)41)33-24-13-5-4-10-22(24)18-20-38(30)33/h1-18,20,29-30,33H,21H2,(H,37,41)/t29-,30+,33+,35+/m1/s1. The Balaban J connectivity index is 1.52. The normalized spacial score (nSPS) is 23.0. The van der Waals surface area contributed by atoms with Gasteiger partial charge in [-0.1, -0.05) is 84.9 Å². The predicted molar refractivity (Wildman–Crippen MR) is 157 cm³/mol. The Morgan fingerprint density at radius 1 is 0.881 bits per heavy atom. The molecular formula is C35H25N3O4. The number of amides is 1. The molecule has 0 bridgehead atoms. The van der Waals surface area contributed by atoms with Gasteiger partial charge in [-0.15, -0.1) is 0 Å². The average molecular weight is 552 g/mol. The van der Waals surface area contributed by atoms with Crippen molar-refractivity contribution in [2.45, 2.75) is 17.5 Å². The van der Waals surface area contributed by atoms with Crippen molar-refractivity contribution in [3.63, 3.8) is 0 Å². The summed E-state index contributed by atoms with van der Waals surface area (Å²) in [6, 6.07) is 31.0. The zero-order chi connectivity index (χ0) is 28.8. The topological polar surface area (TPSA) is 99.5 Å². The fraction of sp³-hybridized carbons (Fsp3) is 0.143. The van der Waals surface area contributed by atoms with Gasteiger partial charge < -0.3 is 15.0 Å². The Morgan fingerprint density at radius 3 is 2.43 bits per heavy atom. The molecule has 4 aromatic carbocycles. The molecule has 1 saturated heterocycles. The molecule has 0 unspecified atom stereocenters. The maximum atomic E-state index is 14.8. The maximum absolute atomic E-state index is 14.8. The lowest BCUT2D eigenvalue weighted by Crippen LogP contribution is -2.49. The number of nitrogens with one attached hydrogen (secondary N) is 1. The van der Waals surface area contributed by atoms with E-state index in [4.69, 9.17) is 10.00 Å². The molecule has 0 radical (unpaired) electrons. The molecule has 1 spiro atoms. The minimum atomic E-state index is -1.41. The van der Waals surface area contributed by atoms with Crippen LogP contribution in [-0.4, -0.2) is 35.0 Å². The number of fused-ring (bicyclic) bond motifs is 6. The van der Waals surface area contributed by atoms with Gasteiger partial charge in [0.15, 0.2) is 18.2 Å². The van der Waals surface area contributed by atoms with Gasteiger partial charge in [0.1, 0.15) is 23.3 Å². The van der Waals surface area contributed by atoms with E-state index in [0.717, 1.165) is 11.1 Å². The van der Waals surface area contributed by atoms with Crippen molar-refractivity contribution in [2.75, 3.05) is 11.9 Å². The number of nitriles is 1. The number of carbonyl (C=O) groups excluding carboxylic acids is 3. The second-order valence-electron chi connectivity index (χ2n) is 10.6. The van der Waals surface area contributed by atoms with Gasteiger partial charge in [-0.2, -0.15) is 5.26 Å². The number of carbonyl (C=O) groups is 3. The minimum Gasteiger partial charge on any atom is -0.478 e. The molecule has 204 valence electrons. The average Bonchev–Trinajstić information content (AvgIpc) is 3.52. The van der Waals surface area contributed by atoms with Gasteiger partial charge in [0, 0.05) is 17.5 Å². The van der Waals surface area contributed by atoms with Crippen LogP contribution < -0.4 is 10.1 Å². The summed E-state index contributed by atoms with van der Waals surface area (Å²) in [5.41, 5.74) is 2.36. The summed E-state index contributed by atoms with van der Waals surface area (Å²) in [6.45, 7) is -0.235. The van der Waals surface area contributed by atoms with Gasteiger partial charge in [-0.25, -0.2) is 0 Å². The van der Waals surface area contributed by atoms with Gasteiger partial charge in [0.05, 0.1) is 17.5 Å². The van der Waals surface area contributed by atoms with E-state index in [9.17, 15) is 14.4 Å². The SMILES string of the molecule is N#CCOc1ccccc1C(=O)[C@@H]1[C@H](C(=O)c2ccccc2)[C@]2(C(=O)Nc3ccccc32)[C@@H]2c3ccccc3C=CN12. The third kappa shape index (κ3) is 3.55. The highest BCUT2D eigenvalue weighted by molar-refractivity contribution is 6.17. The van der Waals surface area contributed by atoms with Crippen LogP contribution in [0.1, 0.15) is 43.4 Å². The van der Waals surface area contributed by atoms with Crippen LogP contribution in [0.4, 0.5) is 5.69 Å². The summed E-state index contributed by atoms with van der Waals surface area (Å²) >= 11 is 0. The summed E-state index contributed by atoms with van der Waals surface area (Å²) in [5.74, 6) is -1.80. The van der Waals surface area contributed by atoms with E-state index in [0.29, 0.717) is 16.8 Å². The number of ether oxygens (including phenoxy) is 1. The number of rotatable bonds is 6. The molecule has 3 aliphatic heterocycles. The van der Waals surface area contributed by atoms with E-state index in [1.807, 2.05) is 77.8 Å². The second-order valence-corrected chi connectivity index (χ2v) is 10.6. The molecule has 0 saturated carbocycles. The molecular weight excluding hydrogens is 526 g/mol. The molecule has 7 rings (SSSR count). The number of nitrogens with zero attached hydrogens (tertiary/aromatic N) is 2. The van der Waals surface area contributed by atoms with Crippen molar-refractivity contribution < 1.29 is 19.1 Å². The summed E-state index contributed by atoms with van der Waals surface area (Å²) in [6.07, 6.45) is 3.76. The van der Waals surface area contributed by atoms with Gasteiger partial charge in [0.2, 0.25) is 5.91 Å². The third-order valence-corrected chi connectivity index (χ3v) is 8.62. The summed E-state index contributed by atoms with van der Waals surface area (Å²) in [4.78, 5) is 45.9. The van der Waals surface area contributed by atoms with Crippen molar-refractivity contribution in [1.82, 2.24) is 4.90 Å². The molecule has 42 heavy (non-hydrogen) atoms. The van der Waals surface area contributed by atoms with E-state index in [-0.39, 0.29) is 35.4 Å². The first-order valence-electron chi connectivity index (χ1n) is 13.7. The zero-order valence-corrected chi connectivity index (χ0v) is 22.4. The molecule has 7 heteroatoms. The van der Waals surface area contributed by atoms with Crippen LogP contribution in [0.3, 0.4) is 0 Å². The molecule has 1 amide bonds. The Bertz CT molecular complexity index is 1830. The lowest BCUT2D eigenvalue weighted by molar-refractivity contribution is -0.122. The number of para-hydroxylation sites is 2. The number of ketones is 2. The van der Waals surface area contributed by atoms with Crippen LogP contribution in [0, 0.1) is 17.2 Å². The first kappa shape index (κ1) is 25.5. The van der Waals surface area contributed by atoms with Crippen LogP contribution in [-0.2, 0) is 10.2 Å². The van der Waals surface area contributed by atoms with Gasteiger partial charge in [0.25, 0.3) is 0 Å². The summed E-state index contributed by atoms with van der Waals surface area (Å²) in [5, 5.41) is 12.2. The van der Waals surface area contributed by atoms with Gasteiger partial charge in [-0.05, 0) is 41.0 Å². The highest BCUT2D eigenvalue weighted by atomic mass is 16.5. The largest absolute Gasteiger partial charge is 0.478 e. The fourth-order valence-corrected chi connectivity index (χ4v) is 7.02. The second kappa shape index (κ2) is 9.86. The lowest BCUT2D eigenvalue weighted by atomic mass is 9.62. The number of benzene rings is 4. The van der Waals surface area contributed by atoms with E-state index in [1.54, 1.807) is 48.5 Å². The molecule has 1 fully saturated rings. The Hall–Kier alpha value is -5.48. The number of hydrogen-bond acceptors (Lipinski definition) is 6. The maximum Gasteiger partial charge on any atom is 0.238 e. The third-order valence-electron chi connectivity index (χ3n) is 8.62. The molecule has 4 atom stereocenters. The fourth-order valence-electron chi connectivity index (χ4n) is 7.02. The number of anilines is 1. The molecule has 0 aliphatic carbocycles. The van der Waals surface area contributed by atoms with Crippen LogP contribution in [0.15, 0.2) is 109 Å². The summed E-state index contributed by atoms with van der Waals surface area (Å²) < 4.78 is 5.65. The van der Waals surface area contributed by atoms with E-state index in [1.165, 1.54) is 0 Å². The van der Waals surface area contributed by atoms with Crippen molar-refractivity contribution in [1.29, 1.82) is 5.26 Å². The lowest BCUT2D eigenvalue weighted by Gasteiger charge is -2.38. The Morgan fingerprint density at radius 2 is 1.60 bits per heavy atom. The van der Waals surface area contributed by atoms with E-state index in [2.05, 4.69) is 5.32 Å². The molecule has 7 nitrogen and oxygen atoms in total. The van der Waals surface area contributed by atoms with Crippen molar-refractivity contribution in [2.24, 2.45) is 5.92 Å². The highest BCUT2D eigenvalue weighted by Gasteiger charge is 2.70. The van der Waals surface area contributed by atoms with Crippen LogP contribution in [0.5, 0.6) is 5.75 Å². The summed E-state index contributed by atoms with van der Waals surface area (Å²) in [7, 11) is 0. The van der Waals surface area contributed by atoms with Crippen LogP contribution in [0.2, 0.25) is 0 Å². The Kier molecular flexibility index (Phi) is 5.98. The number of hydrogen-bond donors (Lipinski definition) is 1. The quantitative estimate of drug-likeness (QED) is 0.315. The minimum absolute atomic E-state index is 0.235. The molecule has 0 aromatic heterocycles. The molecule has 1 N–H and O–H groups in total. The van der Waals surface area contributed by atoms with Crippen molar-refractivity contribution in [3.8, 4) is 11.8 Å². The zero-order valence-electron chi connectivity index (χ0n) is 22.4. The molecule has 3 aliphatic rings. The van der Waals surface area contributed by atoms with E-state index >= 15 is 0 Å². The first-order valence-corrected chi connectivity index (χ1v) is 13.7. The van der Waals surface area contributed by atoms with E-state index < -0.39 is 23.4 Å². The molecule has 3 heterocycles. The van der Waals surface area contributed by atoms with Crippen molar-refractivity contribution in [3.05, 3.63) is 137 Å². The van der Waals surface area contributed by atoms with Crippen molar-refractivity contribution >= 4 is 29.2 Å². The Labute approximate surface area is 242 Å². The van der Waals surface area contributed by atoms with Crippen LogP contribution >= 0.6 is 0 Å². The first-order chi connectivity index (χ1) is 20.6. The number of Topliss-reactive ketones (excluding diaryl/α,β-unsaturated/α-hetero) is 2. The smallest absolute Gasteiger partial charge is 0.238 e. The molecule has 4 aromatic rings.